The first-order chi connectivity index (χ1) is 7.34. The van der Waals surface area contributed by atoms with E-state index in [1.807, 2.05) is 24.3 Å². The molecule has 0 radical (unpaired) electrons. The molecule has 1 aliphatic rings. The lowest BCUT2D eigenvalue weighted by molar-refractivity contribution is -0.127. The second-order valence-electron chi connectivity index (χ2n) is 3.46. The van der Waals surface area contributed by atoms with E-state index in [2.05, 4.69) is 5.32 Å². The predicted molar refractivity (Wildman–Crippen MR) is 60.5 cm³/mol. The summed E-state index contributed by atoms with van der Waals surface area (Å²) >= 11 is 5.77. The summed E-state index contributed by atoms with van der Waals surface area (Å²) in [5.74, 6) is 0. The van der Waals surface area contributed by atoms with E-state index in [4.69, 9.17) is 21.1 Å². The van der Waals surface area contributed by atoms with Crippen molar-refractivity contribution in [3.63, 3.8) is 0 Å². The second-order valence-corrected chi connectivity index (χ2v) is 3.90. The Labute approximate surface area is 94.3 Å². The molecule has 15 heavy (non-hydrogen) atoms. The lowest BCUT2D eigenvalue weighted by atomic mass is 10.3. The molecule has 2 rings (SSSR count). The Morgan fingerprint density at radius 2 is 2.07 bits per heavy atom. The Kier molecular flexibility index (Phi) is 3.83. The monoisotopic (exact) mass is 227 g/mol. The molecule has 1 aromatic rings. The van der Waals surface area contributed by atoms with Crippen LogP contribution in [0.1, 0.15) is 0 Å². The summed E-state index contributed by atoms with van der Waals surface area (Å²) in [6, 6.07) is 7.64. The standard InChI is InChI=1S/C11H14ClNO2/c12-9-1-3-10(4-2-9)13-5-6-15-11-7-14-8-11/h1-4,11,13H,5-8H2. The minimum atomic E-state index is 0.303. The fourth-order valence-corrected chi connectivity index (χ4v) is 1.42. The van der Waals surface area contributed by atoms with Gasteiger partial charge in [0, 0.05) is 17.3 Å². The molecule has 1 fully saturated rings. The van der Waals surface area contributed by atoms with Crippen molar-refractivity contribution in [2.75, 3.05) is 31.7 Å². The van der Waals surface area contributed by atoms with Crippen LogP contribution < -0.4 is 5.32 Å². The maximum atomic E-state index is 5.77. The Morgan fingerprint density at radius 1 is 1.33 bits per heavy atom. The third kappa shape index (κ3) is 3.38. The summed E-state index contributed by atoms with van der Waals surface area (Å²) < 4.78 is 10.5. The SMILES string of the molecule is Clc1ccc(NCCOC2COC2)cc1. The Bertz CT molecular complexity index is 298. The van der Waals surface area contributed by atoms with Gasteiger partial charge >= 0.3 is 0 Å². The van der Waals surface area contributed by atoms with Crippen molar-refractivity contribution in [2.45, 2.75) is 6.10 Å². The first-order valence-corrected chi connectivity index (χ1v) is 5.41. The van der Waals surface area contributed by atoms with Crippen LogP contribution in [0.15, 0.2) is 24.3 Å². The van der Waals surface area contributed by atoms with Gasteiger partial charge in [-0.25, -0.2) is 0 Å². The highest BCUT2D eigenvalue weighted by Crippen LogP contribution is 2.13. The first-order valence-electron chi connectivity index (χ1n) is 5.03. The van der Waals surface area contributed by atoms with Gasteiger partial charge in [0.15, 0.2) is 0 Å². The molecule has 1 aliphatic heterocycles. The van der Waals surface area contributed by atoms with Crippen molar-refractivity contribution in [3.05, 3.63) is 29.3 Å². The topological polar surface area (TPSA) is 30.5 Å². The van der Waals surface area contributed by atoms with Gasteiger partial charge in [0.25, 0.3) is 0 Å². The molecule has 0 atom stereocenters. The molecular weight excluding hydrogens is 214 g/mol. The molecule has 1 N–H and O–H groups in total. The van der Waals surface area contributed by atoms with Gasteiger partial charge in [-0.15, -0.1) is 0 Å². The summed E-state index contributed by atoms with van der Waals surface area (Å²) in [4.78, 5) is 0. The normalized spacial score (nSPS) is 16.1. The van der Waals surface area contributed by atoms with Gasteiger partial charge in [-0.3, -0.25) is 0 Å². The number of anilines is 1. The highest BCUT2D eigenvalue weighted by Gasteiger charge is 2.17. The average molecular weight is 228 g/mol. The van der Waals surface area contributed by atoms with Crippen LogP contribution in [0.4, 0.5) is 5.69 Å². The summed E-state index contributed by atoms with van der Waals surface area (Å²) in [6.07, 6.45) is 0.303. The fourth-order valence-electron chi connectivity index (χ4n) is 1.30. The number of nitrogens with one attached hydrogen (secondary N) is 1. The maximum Gasteiger partial charge on any atom is 0.104 e. The third-order valence-corrected chi connectivity index (χ3v) is 2.49. The summed E-state index contributed by atoms with van der Waals surface area (Å²) in [7, 11) is 0. The van der Waals surface area contributed by atoms with Crippen LogP contribution in [0.5, 0.6) is 0 Å². The minimum Gasteiger partial charge on any atom is -0.383 e. The number of benzene rings is 1. The number of hydrogen-bond donors (Lipinski definition) is 1. The molecule has 0 aliphatic carbocycles. The molecular formula is C11H14ClNO2. The minimum absolute atomic E-state index is 0.303. The van der Waals surface area contributed by atoms with Gasteiger partial charge in [0.2, 0.25) is 0 Å². The number of rotatable bonds is 5. The zero-order chi connectivity index (χ0) is 10.5. The van der Waals surface area contributed by atoms with Crippen LogP contribution in [0, 0.1) is 0 Å². The van der Waals surface area contributed by atoms with Crippen LogP contribution >= 0.6 is 11.6 Å². The Morgan fingerprint density at radius 3 is 2.67 bits per heavy atom. The highest BCUT2D eigenvalue weighted by atomic mass is 35.5. The zero-order valence-electron chi connectivity index (χ0n) is 8.41. The van der Waals surface area contributed by atoms with Crippen molar-refractivity contribution in [1.82, 2.24) is 0 Å². The zero-order valence-corrected chi connectivity index (χ0v) is 9.17. The molecule has 3 nitrogen and oxygen atoms in total. The molecule has 0 saturated carbocycles. The van der Waals surface area contributed by atoms with Gasteiger partial charge in [-0.1, -0.05) is 11.6 Å². The van der Waals surface area contributed by atoms with Crippen molar-refractivity contribution in [3.8, 4) is 0 Å². The van der Waals surface area contributed by atoms with Gasteiger partial charge in [0.05, 0.1) is 19.8 Å². The van der Waals surface area contributed by atoms with Crippen LogP contribution in [-0.4, -0.2) is 32.5 Å². The lowest BCUT2D eigenvalue weighted by Gasteiger charge is -2.26. The van der Waals surface area contributed by atoms with Crippen molar-refractivity contribution < 1.29 is 9.47 Å². The number of halogens is 1. The molecule has 0 unspecified atom stereocenters. The van der Waals surface area contributed by atoms with Crippen LogP contribution in [0.25, 0.3) is 0 Å². The van der Waals surface area contributed by atoms with E-state index in [0.717, 1.165) is 30.5 Å². The summed E-state index contributed by atoms with van der Waals surface area (Å²) in [6.45, 7) is 2.98. The fraction of sp³-hybridized carbons (Fsp3) is 0.455. The van der Waals surface area contributed by atoms with E-state index < -0.39 is 0 Å². The number of hydrogen-bond acceptors (Lipinski definition) is 3. The average Bonchev–Trinajstić information content (AvgIpc) is 2.18. The van der Waals surface area contributed by atoms with Gasteiger partial charge in [-0.2, -0.15) is 0 Å². The molecule has 4 heteroatoms. The first kappa shape index (κ1) is 10.7. The molecule has 0 aromatic heterocycles. The molecule has 82 valence electrons. The molecule has 0 bridgehead atoms. The quantitative estimate of drug-likeness (QED) is 0.783. The van der Waals surface area contributed by atoms with E-state index in [1.165, 1.54) is 0 Å². The van der Waals surface area contributed by atoms with Gasteiger partial charge in [0.1, 0.15) is 6.10 Å². The Hall–Kier alpha value is -0.770. The summed E-state index contributed by atoms with van der Waals surface area (Å²) in [5.41, 5.74) is 1.06. The van der Waals surface area contributed by atoms with Gasteiger partial charge in [-0.05, 0) is 24.3 Å². The van der Waals surface area contributed by atoms with E-state index in [1.54, 1.807) is 0 Å². The van der Waals surface area contributed by atoms with Crippen molar-refractivity contribution in [1.29, 1.82) is 0 Å². The van der Waals surface area contributed by atoms with E-state index in [-0.39, 0.29) is 0 Å². The smallest absolute Gasteiger partial charge is 0.104 e. The second kappa shape index (κ2) is 5.35. The van der Waals surface area contributed by atoms with E-state index in [9.17, 15) is 0 Å². The molecule has 1 saturated heterocycles. The summed E-state index contributed by atoms with van der Waals surface area (Å²) in [5, 5.41) is 4.00. The molecule has 1 aromatic carbocycles. The lowest BCUT2D eigenvalue weighted by Crippen LogP contribution is -2.37. The van der Waals surface area contributed by atoms with Crippen LogP contribution in [-0.2, 0) is 9.47 Å². The third-order valence-electron chi connectivity index (χ3n) is 2.24. The van der Waals surface area contributed by atoms with Crippen molar-refractivity contribution >= 4 is 17.3 Å². The largest absolute Gasteiger partial charge is 0.383 e. The Balaban J connectivity index is 1.62. The molecule has 1 heterocycles. The molecule has 0 spiro atoms. The highest BCUT2D eigenvalue weighted by molar-refractivity contribution is 6.30. The van der Waals surface area contributed by atoms with Crippen LogP contribution in [0.2, 0.25) is 5.02 Å². The van der Waals surface area contributed by atoms with Crippen LogP contribution in [0.3, 0.4) is 0 Å². The molecule has 0 amide bonds. The predicted octanol–water partition coefficient (Wildman–Crippen LogP) is 2.17. The number of ether oxygens (including phenoxy) is 2. The van der Waals surface area contributed by atoms with Gasteiger partial charge < -0.3 is 14.8 Å². The van der Waals surface area contributed by atoms with Crippen molar-refractivity contribution in [2.24, 2.45) is 0 Å². The van der Waals surface area contributed by atoms with E-state index >= 15 is 0 Å². The maximum absolute atomic E-state index is 5.77. The van der Waals surface area contributed by atoms with E-state index in [0.29, 0.717) is 12.7 Å².